The third kappa shape index (κ3) is 9.02. The highest BCUT2D eigenvalue weighted by atomic mass is 16.5. The Labute approximate surface area is 201 Å². The zero-order valence-corrected chi connectivity index (χ0v) is 20.1. The molecular weight excluding hydrogens is 434 g/mol. The first-order valence-corrected chi connectivity index (χ1v) is 11.9. The molecule has 1 atom stereocenters. The second kappa shape index (κ2) is 14.2. The Bertz CT molecular complexity index is 954. The Morgan fingerprint density at radius 1 is 1.21 bits per heavy atom. The number of rotatable bonds is 10. The molecule has 1 fully saturated rings. The van der Waals surface area contributed by atoms with Gasteiger partial charge in [0.15, 0.2) is 0 Å². The van der Waals surface area contributed by atoms with Gasteiger partial charge in [-0.2, -0.15) is 0 Å². The molecule has 1 aliphatic carbocycles. The van der Waals surface area contributed by atoms with Crippen LogP contribution in [0.2, 0.25) is 0 Å². The molecule has 34 heavy (non-hydrogen) atoms. The number of pyridine rings is 1. The number of methoxy groups -OCH3 is 1. The number of hydrogen-bond donors (Lipinski definition) is 4. The molecule has 0 aliphatic heterocycles. The molecule has 186 valence electrons. The van der Waals surface area contributed by atoms with Gasteiger partial charge in [0.05, 0.1) is 18.3 Å². The normalized spacial score (nSPS) is 14.9. The van der Waals surface area contributed by atoms with Gasteiger partial charge in [0.2, 0.25) is 0 Å². The summed E-state index contributed by atoms with van der Waals surface area (Å²) in [4.78, 5) is 23.8. The van der Waals surface area contributed by atoms with Crippen LogP contribution in [0.5, 0.6) is 5.75 Å². The number of nitrogens with one attached hydrogen (secondary N) is 1. The maximum absolute atomic E-state index is 9.55. The average molecular weight is 472 g/mol. The SMILES string of the molecule is COc1cc(NC(C)CCCN)c2nccc(CC3CCCCC3)c2c1.O=C(O)/C=C/C(=O)O. The number of benzene rings is 1. The molecule has 0 spiro atoms. The highest BCUT2D eigenvalue weighted by molar-refractivity contribution is 5.94. The predicted molar refractivity (Wildman–Crippen MR) is 134 cm³/mol. The van der Waals surface area contributed by atoms with Gasteiger partial charge in [-0.05, 0) is 56.3 Å². The number of aliphatic carboxylic acids is 2. The van der Waals surface area contributed by atoms with Crippen molar-refractivity contribution in [1.82, 2.24) is 4.98 Å². The average Bonchev–Trinajstić information content (AvgIpc) is 2.82. The predicted octanol–water partition coefficient (Wildman–Crippen LogP) is 4.62. The number of nitrogens with zero attached hydrogens (tertiary/aromatic N) is 1. The summed E-state index contributed by atoms with van der Waals surface area (Å²) < 4.78 is 5.58. The molecule has 1 heterocycles. The summed E-state index contributed by atoms with van der Waals surface area (Å²) in [5, 5.41) is 20.5. The van der Waals surface area contributed by atoms with E-state index in [1.165, 1.54) is 43.1 Å². The lowest BCUT2D eigenvalue weighted by atomic mass is 9.84. The minimum Gasteiger partial charge on any atom is -0.497 e. The van der Waals surface area contributed by atoms with Crippen LogP contribution in [0.15, 0.2) is 36.5 Å². The second-order valence-electron chi connectivity index (χ2n) is 8.74. The molecule has 1 aromatic carbocycles. The van der Waals surface area contributed by atoms with Crippen LogP contribution in [0.1, 0.15) is 57.4 Å². The van der Waals surface area contributed by atoms with Crippen LogP contribution >= 0.6 is 0 Å². The zero-order chi connectivity index (χ0) is 24.9. The fourth-order valence-corrected chi connectivity index (χ4v) is 4.30. The number of ether oxygens (including phenoxy) is 1. The van der Waals surface area contributed by atoms with Crippen LogP contribution in [0, 0.1) is 5.92 Å². The molecule has 3 rings (SSSR count). The fraction of sp³-hybridized carbons (Fsp3) is 0.500. The van der Waals surface area contributed by atoms with Crippen LogP contribution in [0.3, 0.4) is 0 Å². The number of aromatic nitrogens is 1. The van der Waals surface area contributed by atoms with Gasteiger partial charge in [0.25, 0.3) is 0 Å². The summed E-state index contributed by atoms with van der Waals surface area (Å²) in [6, 6.07) is 6.77. The molecule has 0 radical (unpaired) electrons. The van der Waals surface area contributed by atoms with Crippen LogP contribution in [-0.2, 0) is 16.0 Å². The molecule has 5 N–H and O–H groups in total. The van der Waals surface area contributed by atoms with Crippen molar-refractivity contribution in [3.63, 3.8) is 0 Å². The van der Waals surface area contributed by atoms with Gasteiger partial charge in [0, 0.05) is 35.8 Å². The number of carbonyl (C=O) groups is 2. The van der Waals surface area contributed by atoms with E-state index in [1.54, 1.807) is 7.11 Å². The molecule has 1 unspecified atom stereocenters. The molecule has 1 aliphatic rings. The Balaban J connectivity index is 0.000000440. The van der Waals surface area contributed by atoms with E-state index in [4.69, 9.17) is 25.7 Å². The molecule has 0 bridgehead atoms. The largest absolute Gasteiger partial charge is 0.497 e. The highest BCUT2D eigenvalue weighted by Crippen LogP contribution is 2.34. The Hall–Kier alpha value is -3.13. The van der Waals surface area contributed by atoms with Gasteiger partial charge in [-0.25, -0.2) is 9.59 Å². The van der Waals surface area contributed by atoms with E-state index in [2.05, 4.69) is 30.4 Å². The summed E-state index contributed by atoms with van der Waals surface area (Å²) in [7, 11) is 1.74. The third-order valence-electron chi connectivity index (χ3n) is 5.99. The minimum atomic E-state index is -1.26. The first-order valence-electron chi connectivity index (χ1n) is 11.9. The number of carboxylic acid groups (broad SMARTS) is 2. The Kier molecular flexibility index (Phi) is 11.3. The van der Waals surface area contributed by atoms with Crippen molar-refractivity contribution in [3.05, 3.63) is 42.1 Å². The van der Waals surface area contributed by atoms with Gasteiger partial charge in [0.1, 0.15) is 5.75 Å². The van der Waals surface area contributed by atoms with E-state index in [-0.39, 0.29) is 0 Å². The standard InChI is InChI=1S/C22H33N3O.C4H4O4/c1-16(7-6-11-23)25-21-15-19(26-2)14-20-18(10-12-24-22(20)21)13-17-8-4-3-5-9-17;5-3(6)1-2-4(7)8/h10,12,14-17,25H,3-9,11,13,23H2,1-2H3;1-2H,(H,5,6)(H,7,8)/b;2-1+. The van der Waals surface area contributed by atoms with Gasteiger partial charge >= 0.3 is 11.9 Å². The molecule has 8 nitrogen and oxygen atoms in total. The molecule has 1 saturated carbocycles. The number of anilines is 1. The lowest BCUT2D eigenvalue weighted by molar-refractivity contribution is -0.134. The van der Waals surface area contributed by atoms with Crippen LogP contribution in [0.4, 0.5) is 5.69 Å². The third-order valence-corrected chi connectivity index (χ3v) is 5.99. The molecule has 2 aromatic rings. The van der Waals surface area contributed by atoms with Crippen molar-refractivity contribution in [2.75, 3.05) is 19.0 Å². The first-order chi connectivity index (χ1) is 16.3. The monoisotopic (exact) mass is 471 g/mol. The van der Waals surface area contributed by atoms with Gasteiger partial charge in [-0.3, -0.25) is 4.98 Å². The molecule has 1 aromatic heterocycles. The Morgan fingerprint density at radius 2 is 1.88 bits per heavy atom. The van der Waals surface area contributed by atoms with Crippen molar-refractivity contribution in [1.29, 1.82) is 0 Å². The van der Waals surface area contributed by atoms with E-state index < -0.39 is 11.9 Å². The van der Waals surface area contributed by atoms with Crippen molar-refractivity contribution >= 4 is 28.5 Å². The van der Waals surface area contributed by atoms with E-state index in [0.717, 1.165) is 48.7 Å². The molecule has 0 saturated heterocycles. The number of fused-ring (bicyclic) bond motifs is 1. The topological polar surface area (TPSA) is 135 Å². The summed E-state index contributed by atoms with van der Waals surface area (Å²) >= 11 is 0. The number of nitrogens with two attached hydrogens (primary N) is 1. The van der Waals surface area contributed by atoms with Crippen molar-refractivity contribution in [3.8, 4) is 5.75 Å². The fourth-order valence-electron chi connectivity index (χ4n) is 4.30. The van der Waals surface area contributed by atoms with E-state index in [1.807, 2.05) is 6.20 Å². The van der Waals surface area contributed by atoms with Crippen LogP contribution in [0.25, 0.3) is 10.9 Å². The highest BCUT2D eigenvalue weighted by Gasteiger charge is 2.17. The minimum absolute atomic E-state index is 0.359. The van der Waals surface area contributed by atoms with E-state index >= 15 is 0 Å². The zero-order valence-electron chi connectivity index (χ0n) is 20.1. The van der Waals surface area contributed by atoms with Gasteiger partial charge in [-0.1, -0.05) is 32.1 Å². The lowest BCUT2D eigenvalue weighted by Crippen LogP contribution is -2.17. The van der Waals surface area contributed by atoms with Crippen molar-refractivity contribution in [2.45, 2.75) is 64.3 Å². The van der Waals surface area contributed by atoms with Crippen LogP contribution in [-0.4, -0.2) is 46.8 Å². The van der Waals surface area contributed by atoms with Crippen LogP contribution < -0.4 is 15.8 Å². The van der Waals surface area contributed by atoms with Gasteiger partial charge in [-0.15, -0.1) is 0 Å². The van der Waals surface area contributed by atoms with E-state index in [9.17, 15) is 9.59 Å². The molecule has 8 heteroatoms. The summed E-state index contributed by atoms with van der Waals surface area (Å²) in [6.45, 7) is 2.93. The van der Waals surface area contributed by atoms with Crippen molar-refractivity contribution in [2.24, 2.45) is 11.7 Å². The smallest absolute Gasteiger partial charge is 0.328 e. The summed E-state index contributed by atoms with van der Waals surface area (Å²) in [6.07, 6.45) is 13.2. The number of hydrogen-bond acceptors (Lipinski definition) is 6. The second-order valence-corrected chi connectivity index (χ2v) is 8.74. The maximum atomic E-state index is 9.55. The number of carboxylic acids is 2. The summed E-state index contributed by atoms with van der Waals surface area (Å²) in [5.41, 5.74) is 9.17. The maximum Gasteiger partial charge on any atom is 0.328 e. The molecular formula is C26H37N3O5. The summed E-state index contributed by atoms with van der Waals surface area (Å²) in [5.74, 6) is -0.816. The lowest BCUT2D eigenvalue weighted by Gasteiger charge is -2.23. The first kappa shape index (κ1) is 27.1. The molecule has 0 amide bonds. The van der Waals surface area contributed by atoms with Gasteiger partial charge < -0.3 is 26.0 Å². The van der Waals surface area contributed by atoms with Crippen molar-refractivity contribution < 1.29 is 24.5 Å². The quantitative estimate of drug-likeness (QED) is 0.369. The Morgan fingerprint density at radius 3 is 2.47 bits per heavy atom. The van der Waals surface area contributed by atoms with E-state index in [0.29, 0.717) is 18.2 Å².